The van der Waals surface area contributed by atoms with Gasteiger partial charge in [0.05, 0.1) is 5.52 Å². The molecule has 0 saturated carbocycles. The maximum atomic E-state index is 10.0. The second-order valence-electron chi connectivity index (χ2n) is 10.6. The molecule has 7 heteroatoms. The van der Waals surface area contributed by atoms with Crippen LogP contribution in [0.3, 0.4) is 0 Å². The molecule has 0 fully saturated rings. The Morgan fingerprint density at radius 1 is 1.08 bits per heavy atom. The van der Waals surface area contributed by atoms with Crippen molar-refractivity contribution in [1.82, 2.24) is 19.9 Å². The Kier molecular flexibility index (Phi) is 7.79. The molecule has 2 unspecified atom stereocenters. The Labute approximate surface area is 224 Å². The smallest absolute Gasteiger partial charge is 0.152 e. The minimum atomic E-state index is -1.42. The van der Waals surface area contributed by atoms with Crippen molar-refractivity contribution in [2.24, 2.45) is 7.05 Å². The maximum absolute atomic E-state index is 10.0. The highest BCUT2D eigenvalue weighted by Crippen LogP contribution is 2.35. The van der Waals surface area contributed by atoms with Gasteiger partial charge in [-0.3, -0.25) is 4.90 Å². The molecule has 2 heterocycles. The number of aliphatic hydroxyl groups excluding tert-OH is 1. The Morgan fingerprint density at radius 2 is 1.89 bits per heavy atom. The summed E-state index contributed by atoms with van der Waals surface area (Å²) >= 11 is 0. The lowest BCUT2D eigenvalue weighted by atomic mass is 9.84. The molecule has 1 aliphatic rings. The van der Waals surface area contributed by atoms with Gasteiger partial charge in [-0.15, -0.1) is 5.10 Å². The summed E-state index contributed by atoms with van der Waals surface area (Å²) in [5.74, 6) is 0.813. The van der Waals surface area contributed by atoms with Crippen LogP contribution in [-0.2, 0) is 20.1 Å². The van der Waals surface area contributed by atoms with Crippen molar-refractivity contribution in [2.45, 2.75) is 71.4 Å². The van der Waals surface area contributed by atoms with E-state index in [4.69, 9.17) is 4.74 Å². The third-order valence-electron chi connectivity index (χ3n) is 7.80. The van der Waals surface area contributed by atoms with Crippen molar-refractivity contribution in [1.29, 1.82) is 0 Å². The van der Waals surface area contributed by atoms with Gasteiger partial charge in [-0.1, -0.05) is 61.0 Å². The third kappa shape index (κ3) is 5.46. The van der Waals surface area contributed by atoms with E-state index in [9.17, 15) is 10.2 Å². The van der Waals surface area contributed by atoms with E-state index in [0.717, 1.165) is 65.9 Å². The second kappa shape index (κ2) is 11.2. The van der Waals surface area contributed by atoms with Crippen molar-refractivity contribution >= 4 is 11.0 Å². The minimum absolute atomic E-state index is 0.158. The number of hydrogen-bond acceptors (Lipinski definition) is 6. The van der Waals surface area contributed by atoms with Crippen molar-refractivity contribution < 1.29 is 14.9 Å². The van der Waals surface area contributed by atoms with E-state index in [-0.39, 0.29) is 18.4 Å². The molecule has 0 aliphatic carbocycles. The molecule has 1 aromatic heterocycles. The van der Waals surface area contributed by atoms with Crippen LogP contribution in [0.15, 0.2) is 54.6 Å². The standard InChI is InChI=1S/C31H38N4O3/c1-5-8-25-19-35(17-23-9-6-7-10-29(23)38-25)18-24-15-22(12-11-20(24)2)27(16-30(36)37)26-13-14-28-31(21(26)3)32-33-34(28)4/h6-7,9-15,25,27,30,36-37H,5,8,16-19H2,1-4H3. The van der Waals surface area contributed by atoms with E-state index in [1.807, 2.05) is 26.1 Å². The van der Waals surface area contributed by atoms with Gasteiger partial charge in [-0.2, -0.15) is 0 Å². The largest absolute Gasteiger partial charge is 0.489 e. The Balaban J connectivity index is 1.48. The van der Waals surface area contributed by atoms with Crippen LogP contribution in [0.4, 0.5) is 0 Å². The van der Waals surface area contributed by atoms with E-state index < -0.39 is 6.29 Å². The van der Waals surface area contributed by atoms with Crippen molar-refractivity contribution in [3.63, 3.8) is 0 Å². The molecule has 3 aromatic carbocycles. The zero-order valence-electron chi connectivity index (χ0n) is 22.8. The normalized spacial score (nSPS) is 16.9. The van der Waals surface area contributed by atoms with Gasteiger partial charge in [-0.05, 0) is 60.2 Å². The quantitative estimate of drug-likeness (QED) is 0.323. The van der Waals surface area contributed by atoms with Crippen molar-refractivity contribution in [3.05, 3.63) is 88.0 Å². The Bertz CT molecular complexity index is 1410. The first-order valence-electron chi connectivity index (χ1n) is 13.5. The van der Waals surface area contributed by atoms with Gasteiger partial charge in [0.2, 0.25) is 0 Å². The first kappa shape index (κ1) is 26.4. The zero-order valence-corrected chi connectivity index (χ0v) is 22.8. The fraction of sp³-hybridized carbons (Fsp3) is 0.419. The SMILES string of the molecule is CCCC1CN(Cc2cc(C(CC(O)O)c3ccc4c(nnn4C)c3C)ccc2C)Cc2ccccc2O1. The van der Waals surface area contributed by atoms with Gasteiger partial charge in [0.15, 0.2) is 6.29 Å². The summed E-state index contributed by atoms with van der Waals surface area (Å²) in [6.07, 6.45) is 1.04. The molecular weight excluding hydrogens is 476 g/mol. The fourth-order valence-corrected chi connectivity index (χ4v) is 5.75. The average molecular weight is 515 g/mol. The number of rotatable bonds is 8. The Morgan fingerprint density at radius 3 is 2.68 bits per heavy atom. The molecule has 4 aromatic rings. The van der Waals surface area contributed by atoms with Gasteiger partial charge < -0.3 is 14.9 Å². The van der Waals surface area contributed by atoms with Crippen LogP contribution in [0.5, 0.6) is 5.75 Å². The van der Waals surface area contributed by atoms with Crippen LogP contribution in [0.25, 0.3) is 11.0 Å². The van der Waals surface area contributed by atoms with Crippen LogP contribution >= 0.6 is 0 Å². The highest BCUT2D eigenvalue weighted by Gasteiger charge is 2.25. The number of fused-ring (bicyclic) bond motifs is 2. The highest BCUT2D eigenvalue weighted by molar-refractivity contribution is 5.79. The van der Waals surface area contributed by atoms with E-state index >= 15 is 0 Å². The molecular formula is C31H38N4O3. The Hall–Kier alpha value is -3.26. The molecule has 0 amide bonds. The molecule has 2 atom stereocenters. The van der Waals surface area contributed by atoms with Crippen LogP contribution in [0.1, 0.15) is 65.5 Å². The molecule has 7 nitrogen and oxygen atoms in total. The van der Waals surface area contributed by atoms with E-state index in [0.29, 0.717) is 0 Å². The topological polar surface area (TPSA) is 83.6 Å². The van der Waals surface area contributed by atoms with Gasteiger partial charge >= 0.3 is 0 Å². The van der Waals surface area contributed by atoms with Crippen molar-refractivity contribution in [3.8, 4) is 5.75 Å². The summed E-state index contributed by atoms with van der Waals surface area (Å²) in [5.41, 5.74) is 8.63. The molecule has 0 radical (unpaired) electrons. The number of benzene rings is 3. The molecule has 0 saturated heterocycles. The number of ether oxygens (including phenoxy) is 1. The van der Waals surface area contributed by atoms with Crippen LogP contribution in [0.2, 0.25) is 0 Å². The zero-order chi connectivity index (χ0) is 26.8. The van der Waals surface area contributed by atoms with E-state index in [2.05, 4.69) is 71.5 Å². The maximum Gasteiger partial charge on any atom is 0.152 e. The predicted octanol–water partition coefficient (Wildman–Crippen LogP) is 4.98. The van der Waals surface area contributed by atoms with Crippen LogP contribution in [0, 0.1) is 13.8 Å². The molecule has 200 valence electrons. The molecule has 2 N–H and O–H groups in total. The van der Waals surface area contributed by atoms with Crippen LogP contribution < -0.4 is 4.74 Å². The fourth-order valence-electron chi connectivity index (χ4n) is 5.75. The van der Waals surface area contributed by atoms with E-state index in [1.54, 1.807) is 4.68 Å². The number of nitrogens with zero attached hydrogens (tertiary/aromatic N) is 4. The predicted molar refractivity (Wildman–Crippen MR) is 149 cm³/mol. The van der Waals surface area contributed by atoms with E-state index in [1.165, 1.54) is 16.7 Å². The summed E-state index contributed by atoms with van der Waals surface area (Å²) in [6, 6.07) is 19.0. The minimum Gasteiger partial charge on any atom is -0.489 e. The van der Waals surface area contributed by atoms with Gasteiger partial charge in [0.1, 0.15) is 17.4 Å². The lowest BCUT2D eigenvalue weighted by Gasteiger charge is -2.26. The number of aliphatic hydroxyl groups is 2. The van der Waals surface area contributed by atoms with Crippen molar-refractivity contribution in [2.75, 3.05) is 6.54 Å². The molecule has 5 rings (SSSR count). The van der Waals surface area contributed by atoms with Crippen LogP contribution in [-0.4, -0.2) is 49.0 Å². The summed E-state index contributed by atoms with van der Waals surface area (Å²) < 4.78 is 8.16. The summed E-state index contributed by atoms with van der Waals surface area (Å²) in [4.78, 5) is 2.48. The first-order valence-corrected chi connectivity index (χ1v) is 13.5. The molecule has 1 aliphatic heterocycles. The molecule has 38 heavy (non-hydrogen) atoms. The number of aryl methyl sites for hydroxylation is 3. The summed E-state index contributed by atoms with van der Waals surface area (Å²) in [7, 11) is 1.88. The molecule has 0 bridgehead atoms. The number of hydrogen-bond donors (Lipinski definition) is 2. The summed E-state index contributed by atoms with van der Waals surface area (Å²) in [5, 5.41) is 28.6. The average Bonchev–Trinajstić information content (AvgIpc) is 3.17. The third-order valence-corrected chi connectivity index (χ3v) is 7.80. The monoisotopic (exact) mass is 514 g/mol. The summed E-state index contributed by atoms with van der Waals surface area (Å²) in [6.45, 7) is 8.90. The number of para-hydroxylation sites is 1. The van der Waals surface area contributed by atoms with Gasteiger partial charge in [0.25, 0.3) is 0 Å². The van der Waals surface area contributed by atoms with Gasteiger partial charge in [0, 0.05) is 44.6 Å². The second-order valence-corrected chi connectivity index (χ2v) is 10.6. The number of aromatic nitrogens is 3. The first-order chi connectivity index (χ1) is 18.3. The molecule has 0 spiro atoms. The lowest BCUT2D eigenvalue weighted by molar-refractivity contribution is -0.0477. The highest BCUT2D eigenvalue weighted by atomic mass is 16.5. The van der Waals surface area contributed by atoms with Gasteiger partial charge in [-0.25, -0.2) is 4.68 Å². The lowest BCUT2D eigenvalue weighted by Crippen LogP contribution is -2.32.